The lowest BCUT2D eigenvalue weighted by molar-refractivity contribution is -0.139. The Morgan fingerprint density at radius 1 is 1.11 bits per heavy atom. The third kappa shape index (κ3) is 6.76. The molecule has 0 amide bonds. The number of ether oxygens (including phenoxy) is 4. The minimum atomic E-state index is -1.01. The molecule has 0 unspecified atom stereocenters. The summed E-state index contributed by atoms with van der Waals surface area (Å²) >= 11 is 6.87. The van der Waals surface area contributed by atoms with Gasteiger partial charge in [-0.25, -0.2) is 14.6 Å². The van der Waals surface area contributed by atoms with Gasteiger partial charge in [-0.2, -0.15) is 0 Å². The van der Waals surface area contributed by atoms with E-state index >= 15 is 0 Å². The second-order valence-corrected chi connectivity index (χ2v) is 13.1. The fourth-order valence-electron chi connectivity index (χ4n) is 5.02. The van der Waals surface area contributed by atoms with Crippen LogP contribution in [-0.4, -0.2) is 42.4 Å². The van der Waals surface area contributed by atoms with Crippen LogP contribution in [0.5, 0.6) is 17.2 Å². The molecule has 10 nitrogen and oxygen atoms in total. The van der Waals surface area contributed by atoms with Crippen LogP contribution in [-0.2, 0) is 16.1 Å². The first kappa shape index (κ1) is 33.4. The lowest BCUT2D eigenvalue weighted by Crippen LogP contribution is -2.40. The van der Waals surface area contributed by atoms with Crippen LogP contribution < -0.4 is 29.1 Å². The van der Waals surface area contributed by atoms with Crippen LogP contribution in [0.3, 0.4) is 0 Å². The maximum Gasteiger partial charge on any atom is 0.338 e. The SMILES string of the molecule is CCOC(=O)C1=C(C)N=c2s/c(=C\c3cc(I)c(OCc4cccc(C(=O)O)c4)c(OC)c3)c(=O)n2[C@@H]1c1ccc(OC)c(Br)c1. The summed E-state index contributed by atoms with van der Waals surface area (Å²) in [5.41, 5.74) is 2.67. The molecular formula is C33H28BrIN2O8S. The van der Waals surface area contributed by atoms with Crippen molar-refractivity contribution in [2.75, 3.05) is 20.8 Å². The van der Waals surface area contributed by atoms with Gasteiger partial charge >= 0.3 is 11.9 Å². The van der Waals surface area contributed by atoms with Crippen molar-refractivity contribution >= 4 is 67.9 Å². The molecule has 238 valence electrons. The summed E-state index contributed by atoms with van der Waals surface area (Å²) in [5, 5.41) is 9.30. The third-order valence-electron chi connectivity index (χ3n) is 7.12. The Balaban J connectivity index is 1.56. The highest BCUT2D eigenvalue weighted by Gasteiger charge is 2.33. The van der Waals surface area contributed by atoms with Crippen molar-refractivity contribution in [1.82, 2.24) is 4.57 Å². The van der Waals surface area contributed by atoms with E-state index in [1.165, 1.54) is 29.1 Å². The number of allylic oxidation sites excluding steroid dienone is 1. The molecule has 0 saturated carbocycles. The van der Waals surface area contributed by atoms with Crippen LogP contribution in [0, 0.1) is 3.57 Å². The maximum atomic E-state index is 14.1. The number of aromatic nitrogens is 1. The van der Waals surface area contributed by atoms with Gasteiger partial charge in [0.15, 0.2) is 16.3 Å². The van der Waals surface area contributed by atoms with Crippen molar-refractivity contribution in [2.45, 2.75) is 26.5 Å². The number of benzene rings is 3. The zero-order chi connectivity index (χ0) is 33.1. The number of fused-ring (bicyclic) bond motifs is 1. The van der Waals surface area contributed by atoms with Gasteiger partial charge in [0.25, 0.3) is 5.56 Å². The number of carbonyl (C=O) groups excluding carboxylic acids is 1. The average Bonchev–Trinajstić information content (AvgIpc) is 3.33. The van der Waals surface area contributed by atoms with E-state index in [2.05, 4.69) is 43.5 Å². The molecule has 1 aromatic heterocycles. The lowest BCUT2D eigenvalue weighted by Gasteiger charge is -2.25. The Kier molecular flexibility index (Phi) is 10.3. The molecule has 5 rings (SSSR count). The van der Waals surface area contributed by atoms with Crippen molar-refractivity contribution in [2.24, 2.45) is 4.99 Å². The van der Waals surface area contributed by atoms with Gasteiger partial charge in [0.05, 0.1) is 56.3 Å². The Bertz CT molecular complexity index is 2070. The average molecular weight is 819 g/mol. The number of esters is 1. The number of carboxylic acid groups (broad SMARTS) is 1. The summed E-state index contributed by atoms with van der Waals surface area (Å²) in [5.74, 6) is -0.0121. The summed E-state index contributed by atoms with van der Waals surface area (Å²) in [6.07, 6.45) is 1.75. The quantitative estimate of drug-likeness (QED) is 0.165. The number of rotatable bonds is 10. The smallest absolute Gasteiger partial charge is 0.338 e. The molecule has 1 aliphatic rings. The zero-order valence-electron chi connectivity index (χ0n) is 25.1. The van der Waals surface area contributed by atoms with Crippen molar-refractivity contribution < 1.29 is 33.6 Å². The molecule has 13 heteroatoms. The van der Waals surface area contributed by atoms with Gasteiger partial charge < -0.3 is 24.1 Å². The van der Waals surface area contributed by atoms with Crippen LogP contribution in [0.15, 0.2) is 80.1 Å². The van der Waals surface area contributed by atoms with Gasteiger partial charge in [0, 0.05) is 0 Å². The highest BCUT2D eigenvalue weighted by Crippen LogP contribution is 2.36. The van der Waals surface area contributed by atoms with Crippen molar-refractivity contribution in [3.8, 4) is 17.2 Å². The van der Waals surface area contributed by atoms with Crippen LogP contribution in [0.25, 0.3) is 6.08 Å². The topological polar surface area (TPSA) is 126 Å². The number of halogens is 2. The highest BCUT2D eigenvalue weighted by atomic mass is 127. The molecule has 1 aliphatic heterocycles. The second-order valence-electron chi connectivity index (χ2n) is 10.0. The largest absolute Gasteiger partial charge is 0.496 e. The summed E-state index contributed by atoms with van der Waals surface area (Å²) in [6.45, 7) is 3.77. The van der Waals surface area contributed by atoms with E-state index in [0.717, 1.165) is 3.57 Å². The first-order valence-electron chi connectivity index (χ1n) is 13.9. The van der Waals surface area contributed by atoms with E-state index in [-0.39, 0.29) is 29.9 Å². The summed E-state index contributed by atoms with van der Waals surface area (Å²) in [4.78, 5) is 43.7. The minimum absolute atomic E-state index is 0.134. The van der Waals surface area contributed by atoms with E-state index in [1.54, 1.807) is 57.4 Å². The van der Waals surface area contributed by atoms with E-state index in [0.29, 0.717) is 53.4 Å². The number of thiazole rings is 1. The van der Waals surface area contributed by atoms with E-state index in [9.17, 15) is 19.5 Å². The monoisotopic (exact) mass is 818 g/mol. The minimum Gasteiger partial charge on any atom is -0.496 e. The van der Waals surface area contributed by atoms with Crippen LogP contribution >= 0.6 is 49.9 Å². The molecule has 1 N–H and O–H groups in total. The predicted octanol–water partition coefficient (Wildman–Crippen LogP) is 5.46. The molecule has 4 aromatic rings. The molecule has 0 radical (unpaired) electrons. The van der Waals surface area contributed by atoms with Crippen LogP contribution in [0.2, 0.25) is 0 Å². The number of nitrogens with zero attached hydrogens (tertiary/aromatic N) is 2. The van der Waals surface area contributed by atoms with Gasteiger partial charge in [-0.05, 0) is 112 Å². The zero-order valence-corrected chi connectivity index (χ0v) is 29.7. The van der Waals surface area contributed by atoms with Crippen LogP contribution in [0.1, 0.15) is 46.9 Å². The molecule has 3 aromatic carbocycles. The standard InChI is InChI=1S/C33H28BrIN2O8S/c1-5-44-32(41)27-17(2)36-33-37(28(27)20-9-10-24(42-3)22(34)15-20)30(38)26(46-33)14-19-12-23(35)29(25(13-19)43-4)45-16-18-7-6-8-21(11-18)31(39)40/h6-15,28H,5,16H2,1-4H3,(H,39,40)/b26-14-/t28-/m1/s1. The fraction of sp³-hybridized carbons (Fsp3) is 0.212. The number of carbonyl (C=O) groups is 2. The fourth-order valence-corrected chi connectivity index (χ4v) is 7.41. The van der Waals surface area contributed by atoms with Gasteiger partial charge in [-0.15, -0.1) is 0 Å². The van der Waals surface area contributed by atoms with Crippen LogP contribution in [0.4, 0.5) is 0 Å². The number of carboxylic acids is 1. The van der Waals surface area contributed by atoms with Crippen molar-refractivity contribution in [1.29, 1.82) is 0 Å². The molecule has 0 fully saturated rings. The molecule has 0 spiro atoms. The summed E-state index contributed by atoms with van der Waals surface area (Å²) in [7, 11) is 3.08. The summed E-state index contributed by atoms with van der Waals surface area (Å²) in [6, 6.07) is 14.8. The Morgan fingerprint density at radius 3 is 2.54 bits per heavy atom. The molecule has 0 aliphatic carbocycles. The van der Waals surface area contributed by atoms with Gasteiger partial charge in [-0.3, -0.25) is 9.36 Å². The number of aromatic carboxylic acids is 1. The first-order valence-corrected chi connectivity index (χ1v) is 16.6. The molecule has 0 saturated heterocycles. The van der Waals surface area contributed by atoms with Gasteiger partial charge in [0.1, 0.15) is 12.4 Å². The Labute approximate surface area is 289 Å². The lowest BCUT2D eigenvalue weighted by atomic mass is 9.96. The first-order chi connectivity index (χ1) is 22.1. The maximum absolute atomic E-state index is 14.1. The van der Waals surface area contributed by atoms with Gasteiger partial charge in [-0.1, -0.05) is 29.5 Å². The molecule has 1 atom stereocenters. The second kappa shape index (κ2) is 14.2. The molecule has 46 heavy (non-hydrogen) atoms. The third-order valence-corrected chi connectivity index (χ3v) is 9.52. The predicted molar refractivity (Wildman–Crippen MR) is 185 cm³/mol. The van der Waals surface area contributed by atoms with Gasteiger partial charge in [0.2, 0.25) is 0 Å². The number of methoxy groups -OCH3 is 2. The molecular weight excluding hydrogens is 791 g/mol. The van der Waals surface area contributed by atoms with Crippen molar-refractivity contribution in [3.63, 3.8) is 0 Å². The van der Waals surface area contributed by atoms with Crippen molar-refractivity contribution in [3.05, 3.63) is 116 Å². The number of hydrogen-bond acceptors (Lipinski definition) is 9. The Hall–Kier alpha value is -3.95. The van der Waals surface area contributed by atoms with E-state index in [4.69, 9.17) is 18.9 Å². The van der Waals surface area contributed by atoms with E-state index in [1.807, 2.05) is 18.2 Å². The Morgan fingerprint density at radius 2 is 1.87 bits per heavy atom. The summed E-state index contributed by atoms with van der Waals surface area (Å²) < 4.78 is 25.8. The molecule has 2 heterocycles. The van der Waals surface area contributed by atoms with E-state index < -0.39 is 18.0 Å². The normalized spacial score (nSPS) is 14.4. The molecule has 0 bridgehead atoms. The highest BCUT2D eigenvalue weighted by molar-refractivity contribution is 14.1. The number of hydrogen-bond donors (Lipinski definition) is 1.